The van der Waals surface area contributed by atoms with Crippen molar-refractivity contribution in [3.8, 4) is 0 Å². The van der Waals surface area contributed by atoms with Gasteiger partial charge in [-0.3, -0.25) is 0 Å². The molecule has 1 heterocycles. The molecule has 0 amide bonds. The number of amidine groups is 1. The number of aryl methyl sites for hydroxylation is 1. The molecule has 0 fully saturated rings. The summed E-state index contributed by atoms with van der Waals surface area (Å²) in [6.45, 7) is 2.03. The van der Waals surface area contributed by atoms with Crippen LogP contribution in [-0.2, 0) is 6.42 Å². The van der Waals surface area contributed by atoms with Crippen LogP contribution in [0.25, 0.3) is 0 Å². The Kier molecular flexibility index (Phi) is 3.53. The summed E-state index contributed by atoms with van der Waals surface area (Å²) in [6, 6.07) is 1.89. The summed E-state index contributed by atoms with van der Waals surface area (Å²) in [5.74, 6) is 10.9. The summed E-state index contributed by atoms with van der Waals surface area (Å²) in [4.78, 5) is 0.900. The topological polar surface area (TPSA) is 76.4 Å². The number of thiophene rings is 1. The first-order valence-electron chi connectivity index (χ1n) is 3.76. The maximum atomic E-state index is 5.86. The Morgan fingerprint density at radius 3 is 2.92 bits per heavy atom. The number of hydrazine groups is 1. The van der Waals surface area contributed by atoms with Crippen LogP contribution in [-0.4, -0.2) is 5.84 Å². The second-order valence-electron chi connectivity index (χ2n) is 2.38. The molecular weight excluding hydrogens is 208 g/mol. The van der Waals surface area contributed by atoms with Gasteiger partial charge in [-0.25, -0.2) is 5.84 Å². The van der Waals surface area contributed by atoms with Crippen LogP contribution in [0.4, 0.5) is 0 Å². The average molecular weight is 219 g/mol. The summed E-state index contributed by atoms with van der Waals surface area (Å²) in [5, 5.41) is 3.53. The molecule has 0 aliphatic carbocycles. The molecule has 5 N–H and O–H groups in total. The van der Waals surface area contributed by atoms with Crippen molar-refractivity contribution in [2.24, 2.45) is 16.8 Å². The maximum Gasteiger partial charge on any atom is 0.177 e. The second-order valence-corrected chi connectivity index (χ2v) is 4.06. The number of nitrogens with zero attached hydrogens (tertiary/aromatic N) is 1. The Bertz CT molecular complexity index is 320. The minimum absolute atomic E-state index is 0.466. The fourth-order valence-electron chi connectivity index (χ4n) is 1.02. The molecule has 0 atom stereocenters. The lowest BCUT2D eigenvalue weighted by molar-refractivity contribution is 1.00. The van der Waals surface area contributed by atoms with E-state index in [0.29, 0.717) is 10.2 Å². The highest BCUT2D eigenvalue weighted by Crippen LogP contribution is 2.27. The normalized spacial score (nSPS) is 11.8. The minimum Gasteiger partial charge on any atom is -0.321 e. The highest BCUT2D eigenvalue weighted by atomic mass is 35.5. The molecule has 0 saturated carbocycles. The van der Waals surface area contributed by atoms with Crippen LogP contribution in [0.15, 0.2) is 11.2 Å². The van der Waals surface area contributed by atoms with Gasteiger partial charge in [-0.2, -0.15) is 5.10 Å². The van der Waals surface area contributed by atoms with E-state index in [9.17, 15) is 0 Å². The SMILES string of the molecule is CCc1cc(Cl)sc1/C(=N/N)NN. The summed E-state index contributed by atoms with van der Waals surface area (Å²) >= 11 is 7.26. The van der Waals surface area contributed by atoms with Gasteiger partial charge in [0.25, 0.3) is 0 Å². The first-order valence-corrected chi connectivity index (χ1v) is 4.95. The molecule has 0 radical (unpaired) electrons. The van der Waals surface area contributed by atoms with Gasteiger partial charge in [0.15, 0.2) is 5.84 Å². The van der Waals surface area contributed by atoms with E-state index in [1.807, 2.05) is 13.0 Å². The van der Waals surface area contributed by atoms with Gasteiger partial charge in [0, 0.05) is 0 Å². The molecule has 0 bridgehead atoms. The first-order chi connectivity index (χ1) is 6.22. The quantitative estimate of drug-likeness (QED) is 0.301. The lowest BCUT2D eigenvalue weighted by atomic mass is 10.2. The molecule has 13 heavy (non-hydrogen) atoms. The van der Waals surface area contributed by atoms with E-state index < -0.39 is 0 Å². The molecule has 0 unspecified atom stereocenters. The Labute approximate surface area is 85.5 Å². The lowest BCUT2D eigenvalue weighted by Crippen LogP contribution is -2.32. The Balaban J connectivity index is 3.11. The largest absolute Gasteiger partial charge is 0.321 e. The Hall–Kier alpha value is -0.780. The molecule has 0 aliphatic rings. The van der Waals surface area contributed by atoms with Crippen LogP contribution < -0.4 is 17.1 Å². The van der Waals surface area contributed by atoms with Gasteiger partial charge in [-0.05, 0) is 18.1 Å². The van der Waals surface area contributed by atoms with Gasteiger partial charge in [0.2, 0.25) is 0 Å². The number of hydrogen-bond acceptors (Lipinski definition) is 4. The summed E-state index contributed by atoms with van der Waals surface area (Å²) < 4.78 is 0.711. The van der Waals surface area contributed by atoms with Crippen molar-refractivity contribution >= 4 is 28.8 Å². The van der Waals surface area contributed by atoms with Crippen LogP contribution in [0.5, 0.6) is 0 Å². The average Bonchev–Trinajstić information content (AvgIpc) is 2.49. The number of hydrogen-bond donors (Lipinski definition) is 3. The van der Waals surface area contributed by atoms with E-state index in [2.05, 4.69) is 10.5 Å². The van der Waals surface area contributed by atoms with Crippen molar-refractivity contribution in [1.29, 1.82) is 0 Å². The predicted octanol–water partition coefficient (Wildman–Crippen LogP) is 1.05. The number of nitrogens with one attached hydrogen (secondary N) is 1. The molecule has 1 aromatic rings. The Morgan fingerprint density at radius 1 is 1.77 bits per heavy atom. The highest BCUT2D eigenvalue weighted by Gasteiger charge is 2.11. The van der Waals surface area contributed by atoms with Crippen molar-refractivity contribution in [2.75, 3.05) is 0 Å². The maximum absolute atomic E-state index is 5.86. The van der Waals surface area contributed by atoms with Gasteiger partial charge in [0.1, 0.15) is 0 Å². The molecular formula is C7H11ClN4S. The van der Waals surface area contributed by atoms with Crippen molar-refractivity contribution in [1.82, 2.24) is 5.43 Å². The van der Waals surface area contributed by atoms with E-state index in [1.54, 1.807) is 0 Å². The van der Waals surface area contributed by atoms with Gasteiger partial charge in [0.05, 0.1) is 9.21 Å². The van der Waals surface area contributed by atoms with E-state index in [-0.39, 0.29) is 0 Å². The molecule has 0 aromatic carbocycles. The zero-order chi connectivity index (χ0) is 9.84. The predicted molar refractivity (Wildman–Crippen MR) is 56.8 cm³/mol. The molecule has 0 spiro atoms. The first kappa shape index (κ1) is 10.3. The van der Waals surface area contributed by atoms with Gasteiger partial charge < -0.3 is 11.3 Å². The monoisotopic (exact) mass is 218 g/mol. The van der Waals surface area contributed by atoms with E-state index in [0.717, 1.165) is 16.9 Å². The summed E-state index contributed by atoms with van der Waals surface area (Å²) in [5.41, 5.74) is 3.53. The van der Waals surface area contributed by atoms with Crippen molar-refractivity contribution in [3.63, 3.8) is 0 Å². The molecule has 1 rings (SSSR count). The minimum atomic E-state index is 0.466. The van der Waals surface area contributed by atoms with Gasteiger partial charge >= 0.3 is 0 Å². The summed E-state index contributed by atoms with van der Waals surface area (Å²) in [6.07, 6.45) is 0.874. The third kappa shape index (κ3) is 2.12. The van der Waals surface area contributed by atoms with E-state index >= 15 is 0 Å². The van der Waals surface area contributed by atoms with Crippen molar-refractivity contribution in [3.05, 3.63) is 20.8 Å². The molecule has 1 aromatic heterocycles. The van der Waals surface area contributed by atoms with Crippen LogP contribution in [0.2, 0.25) is 4.34 Å². The molecule has 72 valence electrons. The van der Waals surface area contributed by atoms with E-state index in [4.69, 9.17) is 23.3 Å². The summed E-state index contributed by atoms with van der Waals surface area (Å²) in [7, 11) is 0. The second kappa shape index (κ2) is 4.45. The standard InChI is InChI=1S/C7H11ClN4S/c1-2-4-3-5(8)13-6(4)7(11-9)12-10/h3H,2,9-10H2,1H3,(H,11,12). The van der Waals surface area contributed by atoms with Crippen LogP contribution in [0, 0.1) is 0 Å². The lowest BCUT2D eigenvalue weighted by Gasteiger charge is -2.02. The van der Waals surface area contributed by atoms with Gasteiger partial charge in [-0.1, -0.05) is 18.5 Å². The fourth-order valence-corrected chi connectivity index (χ4v) is 2.32. The number of rotatable bonds is 2. The third-order valence-corrected chi connectivity index (χ3v) is 2.95. The Morgan fingerprint density at radius 2 is 2.46 bits per heavy atom. The fraction of sp³-hybridized carbons (Fsp3) is 0.286. The van der Waals surface area contributed by atoms with Gasteiger partial charge in [-0.15, -0.1) is 11.3 Å². The van der Waals surface area contributed by atoms with Crippen molar-refractivity contribution in [2.45, 2.75) is 13.3 Å². The smallest absolute Gasteiger partial charge is 0.177 e. The number of halogens is 1. The molecule has 0 saturated heterocycles. The number of nitrogens with two attached hydrogens (primary N) is 2. The zero-order valence-corrected chi connectivity index (χ0v) is 8.75. The molecule has 0 aliphatic heterocycles. The van der Waals surface area contributed by atoms with E-state index in [1.165, 1.54) is 11.3 Å². The third-order valence-electron chi connectivity index (χ3n) is 1.64. The molecule has 4 nitrogen and oxygen atoms in total. The van der Waals surface area contributed by atoms with Crippen molar-refractivity contribution < 1.29 is 0 Å². The van der Waals surface area contributed by atoms with Crippen LogP contribution in [0.1, 0.15) is 17.4 Å². The highest BCUT2D eigenvalue weighted by molar-refractivity contribution is 7.18. The van der Waals surface area contributed by atoms with Crippen LogP contribution in [0.3, 0.4) is 0 Å². The molecule has 6 heteroatoms. The zero-order valence-electron chi connectivity index (χ0n) is 7.17. The number of hydrazone groups is 1. The van der Waals surface area contributed by atoms with Crippen LogP contribution >= 0.6 is 22.9 Å².